The van der Waals surface area contributed by atoms with E-state index in [-0.39, 0.29) is 11.7 Å². The molecule has 0 saturated carbocycles. The Morgan fingerprint density at radius 1 is 1.16 bits per heavy atom. The molecule has 6 nitrogen and oxygen atoms in total. The lowest BCUT2D eigenvalue weighted by Crippen LogP contribution is -2.38. The van der Waals surface area contributed by atoms with Crippen molar-refractivity contribution in [2.24, 2.45) is 0 Å². The summed E-state index contributed by atoms with van der Waals surface area (Å²) in [5.41, 5.74) is 1.85. The largest absolute Gasteiger partial charge is 0.330 e. The second-order valence-electron chi connectivity index (χ2n) is 7.79. The highest BCUT2D eigenvalue weighted by Gasteiger charge is 2.23. The molecule has 0 unspecified atom stereocenters. The van der Waals surface area contributed by atoms with Crippen LogP contribution in [0.4, 0.5) is 0 Å². The van der Waals surface area contributed by atoms with E-state index in [4.69, 9.17) is 11.6 Å². The SMILES string of the molecule is CC(=O)c1cnc2n1CCN(C(=O)/C=C/CN1CCSCC1)C2.CCc1ccccc1Cl. The van der Waals surface area contributed by atoms with Crippen LogP contribution in [0.1, 0.15) is 35.7 Å². The molecule has 3 heterocycles. The number of aryl methyl sites for hydroxylation is 1. The first-order chi connectivity index (χ1) is 15.5. The third-order valence-electron chi connectivity index (χ3n) is 5.60. The highest BCUT2D eigenvalue weighted by molar-refractivity contribution is 7.99. The van der Waals surface area contributed by atoms with Crippen LogP contribution >= 0.6 is 23.4 Å². The van der Waals surface area contributed by atoms with Crippen molar-refractivity contribution in [1.82, 2.24) is 19.4 Å². The van der Waals surface area contributed by atoms with E-state index >= 15 is 0 Å². The number of halogens is 1. The maximum absolute atomic E-state index is 12.3. The van der Waals surface area contributed by atoms with Gasteiger partial charge in [0.2, 0.25) is 5.91 Å². The summed E-state index contributed by atoms with van der Waals surface area (Å²) in [6.45, 7) is 8.39. The van der Waals surface area contributed by atoms with Gasteiger partial charge in [0.1, 0.15) is 11.5 Å². The zero-order chi connectivity index (χ0) is 22.9. The molecule has 1 amide bonds. The first-order valence-electron chi connectivity index (χ1n) is 11.0. The van der Waals surface area contributed by atoms with Crippen molar-refractivity contribution < 1.29 is 9.59 Å². The van der Waals surface area contributed by atoms with Crippen molar-refractivity contribution in [3.8, 4) is 0 Å². The summed E-state index contributed by atoms with van der Waals surface area (Å²) in [7, 11) is 0. The van der Waals surface area contributed by atoms with Crippen molar-refractivity contribution in [1.29, 1.82) is 0 Å². The molecule has 2 aliphatic rings. The molecule has 1 saturated heterocycles. The van der Waals surface area contributed by atoms with Crippen LogP contribution in [0.2, 0.25) is 5.02 Å². The molecule has 32 heavy (non-hydrogen) atoms. The third kappa shape index (κ3) is 6.70. The number of carbonyl (C=O) groups is 2. The van der Waals surface area contributed by atoms with E-state index in [1.165, 1.54) is 17.1 Å². The number of hydrogen-bond donors (Lipinski definition) is 0. The standard InChI is InChI=1S/C16H22N4O2S.C8H9Cl/c1-13(21)14-11-17-15-12-19(5-6-20(14)15)16(22)3-2-4-18-7-9-23-10-8-18;1-2-7-5-3-4-6-8(7)9/h2-3,11H,4-10,12H2,1H3;3-6H,2H2,1H3/b3-2+;. The van der Waals surface area contributed by atoms with Crippen molar-refractivity contribution >= 4 is 35.1 Å². The number of benzene rings is 1. The maximum atomic E-state index is 12.3. The Labute approximate surface area is 199 Å². The predicted octanol–water partition coefficient (Wildman–Crippen LogP) is 3.94. The summed E-state index contributed by atoms with van der Waals surface area (Å²) in [6, 6.07) is 7.91. The Morgan fingerprint density at radius 2 is 1.91 bits per heavy atom. The van der Waals surface area contributed by atoms with Crippen LogP contribution in [0.25, 0.3) is 0 Å². The van der Waals surface area contributed by atoms with Gasteiger partial charge in [0.05, 0.1) is 12.7 Å². The quantitative estimate of drug-likeness (QED) is 0.485. The zero-order valence-corrected chi connectivity index (χ0v) is 20.4. The highest BCUT2D eigenvalue weighted by atomic mass is 35.5. The average Bonchev–Trinajstić information content (AvgIpc) is 3.24. The van der Waals surface area contributed by atoms with Crippen LogP contribution in [0, 0.1) is 0 Å². The number of carbonyl (C=O) groups excluding carboxylic acids is 2. The molecule has 4 rings (SSSR count). The number of hydrogen-bond acceptors (Lipinski definition) is 5. The molecular weight excluding hydrogens is 444 g/mol. The van der Waals surface area contributed by atoms with Gasteiger partial charge in [-0.25, -0.2) is 4.98 Å². The summed E-state index contributed by atoms with van der Waals surface area (Å²) < 4.78 is 1.92. The van der Waals surface area contributed by atoms with Crippen LogP contribution in [0.3, 0.4) is 0 Å². The van der Waals surface area contributed by atoms with Crippen LogP contribution in [-0.4, -0.2) is 68.7 Å². The number of nitrogens with zero attached hydrogens (tertiary/aromatic N) is 4. The van der Waals surface area contributed by atoms with E-state index in [2.05, 4.69) is 16.8 Å². The third-order valence-corrected chi connectivity index (χ3v) is 6.91. The lowest BCUT2D eigenvalue weighted by Gasteiger charge is -2.27. The number of Topliss-reactive ketones (excluding diaryl/α,β-unsaturated/α-hetero) is 1. The lowest BCUT2D eigenvalue weighted by molar-refractivity contribution is -0.127. The van der Waals surface area contributed by atoms with E-state index in [1.807, 2.05) is 46.7 Å². The Balaban J connectivity index is 0.000000269. The summed E-state index contributed by atoms with van der Waals surface area (Å²) in [6.07, 6.45) is 6.25. The molecule has 172 valence electrons. The minimum atomic E-state index is 0.0168. The van der Waals surface area contributed by atoms with Gasteiger partial charge in [-0.15, -0.1) is 0 Å². The first kappa shape index (κ1) is 24.6. The summed E-state index contributed by atoms with van der Waals surface area (Å²) in [5, 5.41) is 0.875. The molecule has 0 bridgehead atoms. The molecule has 1 aromatic carbocycles. The minimum absolute atomic E-state index is 0.0168. The van der Waals surface area contributed by atoms with E-state index in [0.29, 0.717) is 25.3 Å². The average molecular weight is 475 g/mol. The van der Waals surface area contributed by atoms with Crippen LogP contribution in [0.15, 0.2) is 42.6 Å². The fraction of sp³-hybridized carbons (Fsp3) is 0.458. The van der Waals surface area contributed by atoms with Crippen molar-refractivity contribution in [3.63, 3.8) is 0 Å². The van der Waals surface area contributed by atoms with Gasteiger partial charge in [-0.2, -0.15) is 11.8 Å². The number of thioether (sulfide) groups is 1. The van der Waals surface area contributed by atoms with E-state index in [9.17, 15) is 9.59 Å². The molecule has 2 aromatic rings. The fourth-order valence-corrected chi connectivity index (χ4v) is 4.95. The monoisotopic (exact) mass is 474 g/mol. The number of imidazole rings is 1. The van der Waals surface area contributed by atoms with Crippen molar-refractivity contribution in [2.45, 2.75) is 33.4 Å². The first-order valence-corrected chi connectivity index (χ1v) is 12.6. The number of fused-ring (bicyclic) bond motifs is 1. The lowest BCUT2D eigenvalue weighted by atomic mass is 10.2. The molecule has 0 spiro atoms. The van der Waals surface area contributed by atoms with Gasteiger partial charge in [-0.3, -0.25) is 14.5 Å². The molecule has 0 aliphatic carbocycles. The smallest absolute Gasteiger partial charge is 0.246 e. The second-order valence-corrected chi connectivity index (χ2v) is 9.42. The van der Waals surface area contributed by atoms with Gasteiger partial charge < -0.3 is 9.47 Å². The molecule has 1 fully saturated rings. The highest BCUT2D eigenvalue weighted by Crippen LogP contribution is 2.16. The Morgan fingerprint density at radius 3 is 2.56 bits per heavy atom. The van der Waals surface area contributed by atoms with Crippen molar-refractivity contribution in [3.05, 3.63) is 64.7 Å². The minimum Gasteiger partial charge on any atom is -0.330 e. The van der Waals surface area contributed by atoms with Gasteiger partial charge in [-0.05, 0) is 18.1 Å². The van der Waals surface area contributed by atoms with Crippen molar-refractivity contribution in [2.75, 3.05) is 37.7 Å². The van der Waals surface area contributed by atoms with Gasteiger partial charge in [0.25, 0.3) is 0 Å². The zero-order valence-electron chi connectivity index (χ0n) is 18.8. The molecule has 2 aliphatic heterocycles. The van der Waals surface area contributed by atoms with E-state index < -0.39 is 0 Å². The normalized spacial score (nSPS) is 16.4. The number of amides is 1. The number of ketones is 1. The van der Waals surface area contributed by atoms with Crippen LogP contribution in [-0.2, 0) is 24.3 Å². The number of aromatic nitrogens is 2. The van der Waals surface area contributed by atoms with Crippen LogP contribution in [0.5, 0.6) is 0 Å². The van der Waals surface area contributed by atoms with Crippen LogP contribution < -0.4 is 0 Å². The van der Waals surface area contributed by atoms with E-state index in [0.717, 1.165) is 36.9 Å². The van der Waals surface area contributed by atoms with Gasteiger partial charge >= 0.3 is 0 Å². The number of rotatable bonds is 5. The molecular formula is C24H31ClN4O2S. The molecule has 0 atom stereocenters. The molecule has 8 heteroatoms. The topological polar surface area (TPSA) is 58.4 Å². The summed E-state index contributed by atoms with van der Waals surface area (Å²) >= 11 is 7.81. The van der Waals surface area contributed by atoms with Gasteiger partial charge in [0, 0.05) is 62.3 Å². The van der Waals surface area contributed by atoms with E-state index in [1.54, 1.807) is 24.1 Å². The Kier molecular flexibility index (Phi) is 9.38. The fourth-order valence-electron chi connectivity index (χ4n) is 3.71. The molecule has 1 aromatic heterocycles. The van der Waals surface area contributed by atoms with Gasteiger partial charge in [0.15, 0.2) is 5.78 Å². The Hall–Kier alpha value is -2.09. The molecule has 0 radical (unpaired) electrons. The summed E-state index contributed by atoms with van der Waals surface area (Å²) in [5.74, 6) is 3.18. The Bertz CT molecular complexity index is 953. The molecule has 0 N–H and O–H groups in total. The maximum Gasteiger partial charge on any atom is 0.246 e. The second kappa shape index (κ2) is 12.2. The van der Waals surface area contributed by atoms with Gasteiger partial charge in [-0.1, -0.05) is 42.8 Å². The summed E-state index contributed by atoms with van der Waals surface area (Å²) in [4.78, 5) is 32.3. The predicted molar refractivity (Wildman–Crippen MR) is 131 cm³/mol.